The third-order valence-corrected chi connectivity index (χ3v) is 2.25. The Labute approximate surface area is 92.9 Å². The molecule has 0 amide bonds. The maximum Gasteiger partial charge on any atom is 0.283 e. The Bertz CT molecular complexity index is 518. The summed E-state index contributed by atoms with van der Waals surface area (Å²) in [5.41, 5.74) is -0.556. The second-order valence-electron chi connectivity index (χ2n) is 2.37. The monoisotopic (exact) mass is 242 g/mol. The van der Waals surface area contributed by atoms with Gasteiger partial charge in [0.25, 0.3) is 11.3 Å². The van der Waals surface area contributed by atoms with E-state index in [9.17, 15) is 4.79 Å². The summed E-state index contributed by atoms with van der Waals surface area (Å²) in [6.45, 7) is 0. The predicted octanol–water partition coefficient (Wildman–Crippen LogP) is 1.13. The molecule has 2 heterocycles. The van der Waals surface area contributed by atoms with Gasteiger partial charge in [-0.25, -0.2) is 9.97 Å². The van der Waals surface area contributed by atoms with Gasteiger partial charge in [0.15, 0.2) is 10.9 Å². The molecule has 8 heteroatoms. The summed E-state index contributed by atoms with van der Waals surface area (Å²) in [6.07, 6.45) is 4.17. The van der Waals surface area contributed by atoms with Gasteiger partial charge in [0.1, 0.15) is 6.33 Å². The van der Waals surface area contributed by atoms with Crippen LogP contribution in [0.5, 0.6) is 11.6 Å². The van der Waals surface area contributed by atoms with E-state index in [1.54, 1.807) is 0 Å². The van der Waals surface area contributed by atoms with Crippen LogP contribution in [0.4, 0.5) is 0 Å². The Kier molecular flexibility index (Phi) is 2.84. The van der Waals surface area contributed by atoms with E-state index in [2.05, 4.69) is 18.7 Å². The zero-order chi connectivity index (χ0) is 10.7. The van der Waals surface area contributed by atoms with Crippen LogP contribution in [0, 0.1) is 0 Å². The summed E-state index contributed by atoms with van der Waals surface area (Å²) in [7, 11) is 0. The average Bonchev–Trinajstić information content (AvgIpc) is 2.26. The number of halogens is 1. The first-order chi connectivity index (χ1) is 7.27. The summed E-state index contributed by atoms with van der Waals surface area (Å²) >= 11 is 6.31. The van der Waals surface area contributed by atoms with Crippen LogP contribution in [0.3, 0.4) is 0 Å². The molecule has 2 aromatic heterocycles. The van der Waals surface area contributed by atoms with Crippen molar-refractivity contribution in [1.29, 1.82) is 0 Å². The predicted molar refractivity (Wildman–Crippen MR) is 53.3 cm³/mol. The van der Waals surface area contributed by atoms with Crippen LogP contribution >= 0.6 is 23.3 Å². The van der Waals surface area contributed by atoms with Crippen molar-refractivity contribution in [3.8, 4) is 11.6 Å². The standard InChI is InChI=1S/C7H3ClN4O2S/c8-6-5(13)7(12-15-11-6)14-4-1-9-3-10-2-4/h1-3H. The molecule has 76 valence electrons. The average molecular weight is 243 g/mol. The van der Waals surface area contributed by atoms with E-state index in [4.69, 9.17) is 16.3 Å². The van der Waals surface area contributed by atoms with E-state index in [0.29, 0.717) is 5.75 Å². The maximum atomic E-state index is 11.4. The number of hydrogen-bond donors (Lipinski definition) is 0. The number of hydrogen-bond acceptors (Lipinski definition) is 7. The topological polar surface area (TPSA) is 77.9 Å². The van der Waals surface area contributed by atoms with E-state index in [1.807, 2.05) is 0 Å². The number of nitrogens with zero attached hydrogens (tertiary/aromatic N) is 4. The molecule has 0 saturated heterocycles. The smallest absolute Gasteiger partial charge is 0.283 e. The largest absolute Gasteiger partial charge is 0.432 e. The van der Waals surface area contributed by atoms with Crippen LogP contribution < -0.4 is 10.2 Å². The SMILES string of the molecule is O=c1c(Cl)nsnc1Oc1cncnc1. The van der Waals surface area contributed by atoms with Crippen molar-refractivity contribution in [2.24, 2.45) is 0 Å². The molecule has 0 atom stereocenters. The first-order valence-electron chi connectivity index (χ1n) is 3.72. The molecule has 2 aromatic rings. The number of rotatable bonds is 2. The van der Waals surface area contributed by atoms with E-state index < -0.39 is 5.43 Å². The molecule has 0 fully saturated rings. The van der Waals surface area contributed by atoms with Gasteiger partial charge in [-0.05, 0) is 0 Å². The summed E-state index contributed by atoms with van der Waals surface area (Å²) in [5, 5.41) is -0.165. The molecule has 0 aromatic carbocycles. The lowest BCUT2D eigenvalue weighted by Gasteiger charge is -2.00. The molecule has 6 nitrogen and oxygen atoms in total. The van der Waals surface area contributed by atoms with Gasteiger partial charge in [0.05, 0.1) is 24.1 Å². The van der Waals surface area contributed by atoms with Crippen LogP contribution in [0.25, 0.3) is 0 Å². The summed E-state index contributed by atoms with van der Waals surface area (Å²) in [4.78, 5) is 18.8. The molecule has 0 spiro atoms. The van der Waals surface area contributed by atoms with E-state index in [1.165, 1.54) is 18.7 Å². The summed E-state index contributed by atoms with van der Waals surface area (Å²) in [6, 6.07) is 0. The van der Waals surface area contributed by atoms with E-state index in [0.717, 1.165) is 11.7 Å². The Balaban J connectivity index is 2.33. The molecule has 0 aliphatic rings. The number of aromatic nitrogens is 4. The molecular weight excluding hydrogens is 240 g/mol. The van der Waals surface area contributed by atoms with Crippen LogP contribution in [0.2, 0.25) is 5.15 Å². The van der Waals surface area contributed by atoms with Gasteiger partial charge < -0.3 is 4.74 Å². The van der Waals surface area contributed by atoms with E-state index >= 15 is 0 Å². The molecule has 0 radical (unpaired) electrons. The molecule has 15 heavy (non-hydrogen) atoms. The minimum Gasteiger partial charge on any atom is -0.432 e. The van der Waals surface area contributed by atoms with Crippen molar-refractivity contribution in [1.82, 2.24) is 18.7 Å². The maximum absolute atomic E-state index is 11.4. The zero-order valence-corrected chi connectivity index (χ0v) is 8.70. The highest BCUT2D eigenvalue weighted by Crippen LogP contribution is 2.14. The quantitative estimate of drug-likeness (QED) is 0.786. The molecule has 0 bridgehead atoms. The molecule has 0 aliphatic heterocycles. The highest BCUT2D eigenvalue weighted by molar-refractivity contribution is 6.99. The van der Waals surface area contributed by atoms with Crippen LogP contribution in [0.15, 0.2) is 23.5 Å². The van der Waals surface area contributed by atoms with Gasteiger partial charge >= 0.3 is 0 Å². The molecular formula is C7H3ClN4O2S. The Morgan fingerprint density at radius 2 is 2.00 bits per heavy atom. The fraction of sp³-hybridized carbons (Fsp3) is 0. The highest BCUT2D eigenvalue weighted by atomic mass is 35.5. The van der Waals surface area contributed by atoms with Crippen molar-refractivity contribution < 1.29 is 4.74 Å². The van der Waals surface area contributed by atoms with Gasteiger partial charge in [-0.15, -0.1) is 4.37 Å². The van der Waals surface area contributed by atoms with Crippen molar-refractivity contribution in [2.75, 3.05) is 0 Å². The van der Waals surface area contributed by atoms with Crippen LogP contribution in [-0.4, -0.2) is 18.7 Å². The minimum atomic E-state index is -0.556. The third kappa shape index (κ3) is 2.25. The molecule has 0 N–H and O–H groups in total. The molecule has 0 aliphatic carbocycles. The Morgan fingerprint density at radius 3 is 2.73 bits per heavy atom. The lowest BCUT2D eigenvalue weighted by Crippen LogP contribution is -2.07. The first kappa shape index (κ1) is 9.94. The normalized spacial score (nSPS) is 9.93. The lowest BCUT2D eigenvalue weighted by molar-refractivity contribution is 0.457. The first-order valence-corrected chi connectivity index (χ1v) is 4.83. The van der Waals surface area contributed by atoms with Crippen molar-refractivity contribution in [3.05, 3.63) is 34.1 Å². The molecule has 2 rings (SSSR count). The Morgan fingerprint density at radius 1 is 1.27 bits per heavy atom. The van der Waals surface area contributed by atoms with Crippen molar-refractivity contribution in [3.63, 3.8) is 0 Å². The van der Waals surface area contributed by atoms with Crippen LogP contribution in [-0.2, 0) is 0 Å². The molecule has 0 unspecified atom stereocenters. The van der Waals surface area contributed by atoms with Gasteiger partial charge in [-0.3, -0.25) is 4.79 Å². The third-order valence-electron chi connectivity index (χ3n) is 1.38. The van der Waals surface area contributed by atoms with Gasteiger partial charge in [-0.2, -0.15) is 4.37 Å². The van der Waals surface area contributed by atoms with Crippen molar-refractivity contribution in [2.45, 2.75) is 0 Å². The van der Waals surface area contributed by atoms with Gasteiger partial charge in [-0.1, -0.05) is 11.6 Å². The number of ether oxygens (including phenoxy) is 1. The van der Waals surface area contributed by atoms with Crippen LogP contribution in [0.1, 0.15) is 0 Å². The summed E-state index contributed by atoms with van der Waals surface area (Å²) in [5.74, 6) is 0.186. The fourth-order valence-corrected chi connectivity index (χ4v) is 1.34. The zero-order valence-electron chi connectivity index (χ0n) is 7.12. The second kappa shape index (κ2) is 4.28. The second-order valence-corrected chi connectivity index (χ2v) is 3.25. The summed E-state index contributed by atoms with van der Waals surface area (Å²) < 4.78 is 12.4. The Hall–Kier alpha value is -1.60. The van der Waals surface area contributed by atoms with Gasteiger partial charge in [0.2, 0.25) is 0 Å². The highest BCUT2D eigenvalue weighted by Gasteiger charge is 2.08. The van der Waals surface area contributed by atoms with Crippen molar-refractivity contribution >= 4 is 23.3 Å². The molecule has 0 saturated carbocycles. The van der Waals surface area contributed by atoms with E-state index in [-0.39, 0.29) is 11.0 Å². The van der Waals surface area contributed by atoms with Gasteiger partial charge in [0, 0.05) is 0 Å². The minimum absolute atomic E-state index is 0.130. The lowest BCUT2D eigenvalue weighted by atomic mass is 10.6. The fourth-order valence-electron chi connectivity index (χ4n) is 0.779.